The molecule has 0 saturated heterocycles. The van der Waals surface area contributed by atoms with Crippen molar-refractivity contribution in [2.24, 2.45) is 5.73 Å². The van der Waals surface area contributed by atoms with Crippen LogP contribution in [0.25, 0.3) is 0 Å². The van der Waals surface area contributed by atoms with Gasteiger partial charge >= 0.3 is 6.18 Å². The van der Waals surface area contributed by atoms with E-state index in [0.717, 1.165) is 6.26 Å². The molecule has 3 nitrogen and oxygen atoms in total. The molecule has 7 heteroatoms. The quantitative estimate of drug-likeness (QED) is 0.818. The number of hydrogen-bond donors (Lipinski definition) is 1. The van der Waals surface area contributed by atoms with Crippen LogP contribution in [-0.2, 0) is 9.84 Å². The molecule has 0 aromatic rings. The summed E-state index contributed by atoms with van der Waals surface area (Å²) in [7, 11) is -3.46. The standard InChI is InChI=1S/C8H16F3NO2S/c1-7(2,15(3,13)14)6(12)4-5-8(9,10)11/h6H,4-5,12H2,1-3H3. The van der Waals surface area contributed by atoms with E-state index in [9.17, 15) is 21.6 Å². The summed E-state index contributed by atoms with van der Waals surface area (Å²) in [6, 6.07) is -1.02. The van der Waals surface area contributed by atoms with Gasteiger partial charge in [0, 0.05) is 18.7 Å². The Morgan fingerprint density at radius 1 is 1.27 bits per heavy atom. The maximum absolute atomic E-state index is 11.9. The van der Waals surface area contributed by atoms with E-state index in [-0.39, 0.29) is 6.42 Å². The van der Waals surface area contributed by atoms with E-state index in [0.29, 0.717) is 0 Å². The van der Waals surface area contributed by atoms with Crippen molar-refractivity contribution in [1.82, 2.24) is 0 Å². The van der Waals surface area contributed by atoms with Crippen LogP contribution in [0.2, 0.25) is 0 Å². The second-order valence-electron chi connectivity index (χ2n) is 4.14. The van der Waals surface area contributed by atoms with Gasteiger partial charge in [0.25, 0.3) is 0 Å². The molecule has 0 bridgehead atoms. The SMILES string of the molecule is CC(C)(C(N)CCC(F)(F)F)S(C)(=O)=O. The van der Waals surface area contributed by atoms with Gasteiger partial charge in [-0.25, -0.2) is 8.42 Å². The van der Waals surface area contributed by atoms with E-state index in [2.05, 4.69) is 0 Å². The Hall–Kier alpha value is -0.300. The molecule has 0 fully saturated rings. The van der Waals surface area contributed by atoms with E-state index in [4.69, 9.17) is 5.73 Å². The monoisotopic (exact) mass is 247 g/mol. The van der Waals surface area contributed by atoms with Crippen molar-refractivity contribution >= 4 is 9.84 Å². The van der Waals surface area contributed by atoms with Crippen LogP contribution in [-0.4, -0.2) is 31.6 Å². The third-order valence-electron chi connectivity index (χ3n) is 2.59. The van der Waals surface area contributed by atoms with Gasteiger partial charge in [0.2, 0.25) is 0 Å². The van der Waals surface area contributed by atoms with Gasteiger partial charge in [0.05, 0.1) is 4.75 Å². The van der Waals surface area contributed by atoms with Crippen molar-refractivity contribution in [2.75, 3.05) is 6.26 Å². The van der Waals surface area contributed by atoms with E-state index >= 15 is 0 Å². The second-order valence-corrected chi connectivity index (χ2v) is 6.73. The van der Waals surface area contributed by atoms with Crippen LogP contribution < -0.4 is 5.73 Å². The molecule has 0 amide bonds. The summed E-state index contributed by atoms with van der Waals surface area (Å²) in [5.74, 6) is 0. The fourth-order valence-electron chi connectivity index (χ4n) is 0.942. The highest BCUT2D eigenvalue weighted by molar-refractivity contribution is 7.92. The number of rotatable bonds is 4. The Morgan fingerprint density at radius 2 is 1.67 bits per heavy atom. The fraction of sp³-hybridized carbons (Fsp3) is 1.00. The maximum Gasteiger partial charge on any atom is 0.389 e. The van der Waals surface area contributed by atoms with Crippen LogP contribution in [0.15, 0.2) is 0 Å². The van der Waals surface area contributed by atoms with Gasteiger partial charge in [-0.3, -0.25) is 0 Å². The zero-order valence-electron chi connectivity index (χ0n) is 8.93. The molecule has 1 atom stereocenters. The van der Waals surface area contributed by atoms with Crippen molar-refractivity contribution in [3.05, 3.63) is 0 Å². The molecule has 0 aromatic carbocycles. The maximum atomic E-state index is 11.9. The van der Waals surface area contributed by atoms with Crippen molar-refractivity contribution in [1.29, 1.82) is 0 Å². The fourth-order valence-corrected chi connectivity index (χ4v) is 1.61. The van der Waals surface area contributed by atoms with Gasteiger partial charge in [0.1, 0.15) is 0 Å². The van der Waals surface area contributed by atoms with Gasteiger partial charge in [-0.2, -0.15) is 13.2 Å². The third kappa shape index (κ3) is 4.38. The predicted molar refractivity (Wildman–Crippen MR) is 52.2 cm³/mol. The first-order valence-electron chi connectivity index (χ1n) is 4.40. The molecule has 0 aliphatic rings. The number of alkyl halides is 3. The number of sulfone groups is 1. The molecule has 0 rings (SSSR count). The van der Waals surface area contributed by atoms with Gasteiger partial charge in [-0.1, -0.05) is 0 Å². The molecule has 92 valence electrons. The minimum atomic E-state index is -4.30. The normalized spacial score (nSPS) is 16.5. The summed E-state index contributed by atoms with van der Waals surface area (Å²) in [5.41, 5.74) is 5.47. The number of hydrogen-bond acceptors (Lipinski definition) is 3. The van der Waals surface area contributed by atoms with Crippen molar-refractivity contribution in [2.45, 2.75) is 43.7 Å². The van der Waals surface area contributed by atoms with Gasteiger partial charge in [-0.05, 0) is 20.3 Å². The first-order chi connectivity index (χ1) is 6.38. The molecule has 0 aliphatic heterocycles. The lowest BCUT2D eigenvalue weighted by Gasteiger charge is -2.29. The highest BCUT2D eigenvalue weighted by atomic mass is 32.2. The lowest BCUT2D eigenvalue weighted by Crippen LogP contribution is -2.49. The molecule has 2 N–H and O–H groups in total. The van der Waals surface area contributed by atoms with Crippen LogP contribution in [0, 0.1) is 0 Å². The van der Waals surface area contributed by atoms with E-state index in [1.54, 1.807) is 0 Å². The summed E-state index contributed by atoms with van der Waals surface area (Å²) in [6.45, 7) is 2.67. The van der Waals surface area contributed by atoms with Gasteiger partial charge < -0.3 is 5.73 Å². The molecule has 0 aromatic heterocycles. The first kappa shape index (κ1) is 14.7. The van der Waals surface area contributed by atoms with Gasteiger partial charge in [0.15, 0.2) is 9.84 Å². The van der Waals surface area contributed by atoms with Crippen LogP contribution in [0.1, 0.15) is 26.7 Å². The molecule has 0 saturated carbocycles. The third-order valence-corrected chi connectivity index (χ3v) is 4.80. The molecule has 0 aliphatic carbocycles. The minimum Gasteiger partial charge on any atom is -0.326 e. The molecule has 15 heavy (non-hydrogen) atoms. The van der Waals surface area contributed by atoms with Crippen molar-refractivity contribution in [3.63, 3.8) is 0 Å². The Kier molecular flexibility index (Phi) is 4.20. The van der Waals surface area contributed by atoms with Gasteiger partial charge in [-0.15, -0.1) is 0 Å². The minimum absolute atomic E-state index is 0.385. The van der Waals surface area contributed by atoms with E-state index in [1.807, 2.05) is 0 Å². The van der Waals surface area contributed by atoms with Crippen LogP contribution >= 0.6 is 0 Å². The smallest absolute Gasteiger partial charge is 0.326 e. The van der Waals surface area contributed by atoms with E-state index < -0.39 is 33.2 Å². The summed E-state index contributed by atoms with van der Waals surface area (Å²) in [4.78, 5) is 0. The first-order valence-corrected chi connectivity index (χ1v) is 6.29. The predicted octanol–water partition coefficient (Wildman–Crippen LogP) is 1.48. The van der Waals surface area contributed by atoms with E-state index in [1.165, 1.54) is 13.8 Å². The summed E-state index contributed by atoms with van der Waals surface area (Å²) < 4.78 is 56.9. The highest BCUT2D eigenvalue weighted by Gasteiger charge is 2.39. The molecular weight excluding hydrogens is 231 g/mol. The van der Waals surface area contributed by atoms with Crippen molar-refractivity contribution in [3.8, 4) is 0 Å². The Morgan fingerprint density at radius 3 is 1.93 bits per heavy atom. The average Bonchev–Trinajstić information content (AvgIpc) is 1.96. The zero-order chi connectivity index (χ0) is 12.5. The molecule has 0 heterocycles. The second kappa shape index (κ2) is 4.29. The molecule has 0 spiro atoms. The van der Waals surface area contributed by atoms with Crippen molar-refractivity contribution < 1.29 is 21.6 Å². The zero-order valence-corrected chi connectivity index (χ0v) is 9.74. The van der Waals surface area contributed by atoms with Crippen LogP contribution in [0.3, 0.4) is 0 Å². The lowest BCUT2D eigenvalue weighted by atomic mass is 9.99. The Balaban J connectivity index is 4.54. The summed E-state index contributed by atoms with van der Waals surface area (Å²) in [5, 5.41) is 0. The Bertz CT molecular complexity index is 308. The Labute approximate surface area is 87.8 Å². The number of halogens is 3. The average molecular weight is 247 g/mol. The number of nitrogens with two attached hydrogens (primary N) is 1. The summed E-state index contributed by atoms with van der Waals surface area (Å²) in [6.07, 6.45) is -4.78. The molecule has 1 unspecified atom stereocenters. The highest BCUT2D eigenvalue weighted by Crippen LogP contribution is 2.27. The topological polar surface area (TPSA) is 60.2 Å². The van der Waals surface area contributed by atoms with Crippen LogP contribution in [0.5, 0.6) is 0 Å². The largest absolute Gasteiger partial charge is 0.389 e. The molecule has 0 radical (unpaired) electrons. The lowest BCUT2D eigenvalue weighted by molar-refractivity contribution is -0.136. The molecular formula is C8H16F3NO2S. The van der Waals surface area contributed by atoms with Crippen LogP contribution in [0.4, 0.5) is 13.2 Å². The summed E-state index contributed by atoms with van der Waals surface area (Å²) >= 11 is 0.